The van der Waals surface area contributed by atoms with Crippen LogP contribution in [0.15, 0.2) is 40.4 Å². The molecule has 0 radical (unpaired) electrons. The van der Waals surface area contributed by atoms with Crippen LogP contribution in [0.4, 0.5) is 0 Å². The highest BCUT2D eigenvalue weighted by atomic mass is 32.2. The quantitative estimate of drug-likeness (QED) is 0.703. The van der Waals surface area contributed by atoms with Gasteiger partial charge in [0, 0.05) is 39.4 Å². The Balaban J connectivity index is 1.74. The van der Waals surface area contributed by atoms with E-state index >= 15 is 0 Å². The van der Waals surface area contributed by atoms with Crippen molar-refractivity contribution >= 4 is 20.0 Å². The Kier molecular flexibility index (Phi) is 5.30. The predicted octanol–water partition coefficient (Wildman–Crippen LogP) is 0.432. The molecule has 27 heavy (non-hydrogen) atoms. The van der Waals surface area contributed by atoms with Gasteiger partial charge in [-0.25, -0.2) is 21.8 Å². The van der Waals surface area contributed by atoms with E-state index in [0.717, 1.165) is 0 Å². The molecule has 1 aliphatic rings. The molecule has 1 aromatic carbocycles. The van der Waals surface area contributed by atoms with Crippen molar-refractivity contribution in [2.45, 2.75) is 16.8 Å². The van der Waals surface area contributed by atoms with Gasteiger partial charge in [-0.1, -0.05) is 0 Å². The number of ether oxygens (including phenoxy) is 1. The SMILES string of the molecule is COc1ccc(S(=O)(=O)N2CCN(S(=O)(=O)c3cn(C)c(C)n3)CC2)cc1. The lowest BCUT2D eigenvalue weighted by molar-refractivity contribution is 0.272. The number of methoxy groups -OCH3 is 1. The van der Waals surface area contributed by atoms with Crippen LogP contribution in [0.2, 0.25) is 0 Å². The third kappa shape index (κ3) is 3.72. The van der Waals surface area contributed by atoms with Crippen LogP contribution >= 0.6 is 0 Å². The summed E-state index contributed by atoms with van der Waals surface area (Å²) in [6.07, 6.45) is 1.46. The molecule has 11 heteroatoms. The highest BCUT2D eigenvalue weighted by Gasteiger charge is 2.34. The molecule has 0 atom stereocenters. The maximum atomic E-state index is 12.8. The molecule has 1 aromatic heterocycles. The fourth-order valence-corrected chi connectivity index (χ4v) is 5.70. The second-order valence-corrected chi connectivity index (χ2v) is 10.0. The molecule has 1 fully saturated rings. The van der Waals surface area contributed by atoms with Gasteiger partial charge in [0.05, 0.1) is 12.0 Å². The summed E-state index contributed by atoms with van der Waals surface area (Å²) < 4.78 is 60.2. The van der Waals surface area contributed by atoms with E-state index in [2.05, 4.69) is 4.98 Å². The van der Waals surface area contributed by atoms with E-state index in [4.69, 9.17) is 4.74 Å². The molecule has 2 heterocycles. The number of sulfonamides is 2. The first kappa shape index (κ1) is 19.8. The maximum Gasteiger partial charge on any atom is 0.262 e. The summed E-state index contributed by atoms with van der Waals surface area (Å²) in [5, 5.41) is -0.0195. The summed E-state index contributed by atoms with van der Waals surface area (Å²) in [6.45, 7) is 2.04. The van der Waals surface area contributed by atoms with Crippen LogP contribution in [0.25, 0.3) is 0 Å². The lowest BCUT2D eigenvalue weighted by Crippen LogP contribution is -2.50. The first-order chi connectivity index (χ1) is 12.7. The van der Waals surface area contributed by atoms with E-state index in [0.29, 0.717) is 11.6 Å². The average Bonchev–Trinajstić information content (AvgIpc) is 3.01. The number of rotatable bonds is 5. The van der Waals surface area contributed by atoms with Crippen LogP contribution < -0.4 is 4.74 Å². The zero-order valence-electron chi connectivity index (χ0n) is 15.4. The number of piperazine rings is 1. The van der Waals surface area contributed by atoms with Crippen molar-refractivity contribution in [3.05, 3.63) is 36.3 Å². The first-order valence-electron chi connectivity index (χ1n) is 8.30. The molecule has 0 unspecified atom stereocenters. The zero-order chi connectivity index (χ0) is 19.8. The Labute approximate surface area is 159 Å². The average molecular weight is 415 g/mol. The summed E-state index contributed by atoms with van der Waals surface area (Å²) >= 11 is 0. The van der Waals surface area contributed by atoms with Gasteiger partial charge in [-0.2, -0.15) is 8.61 Å². The highest BCUT2D eigenvalue weighted by molar-refractivity contribution is 7.89. The van der Waals surface area contributed by atoms with Crippen LogP contribution in [0.1, 0.15) is 5.82 Å². The van der Waals surface area contributed by atoms with Crippen molar-refractivity contribution < 1.29 is 21.6 Å². The van der Waals surface area contributed by atoms with Crippen LogP contribution in [-0.4, -0.2) is 68.3 Å². The van der Waals surface area contributed by atoms with E-state index in [1.54, 1.807) is 30.7 Å². The Morgan fingerprint density at radius 3 is 1.89 bits per heavy atom. The molecule has 0 N–H and O–H groups in total. The number of benzene rings is 1. The largest absolute Gasteiger partial charge is 0.497 e. The van der Waals surface area contributed by atoms with E-state index in [-0.39, 0.29) is 36.1 Å². The Bertz CT molecular complexity index is 1000. The number of aryl methyl sites for hydroxylation is 2. The van der Waals surface area contributed by atoms with Gasteiger partial charge in [-0.15, -0.1) is 0 Å². The van der Waals surface area contributed by atoms with Gasteiger partial charge in [-0.05, 0) is 31.2 Å². The van der Waals surface area contributed by atoms with Gasteiger partial charge in [0.15, 0.2) is 5.03 Å². The van der Waals surface area contributed by atoms with Crippen molar-refractivity contribution in [3.8, 4) is 5.75 Å². The molecular weight excluding hydrogens is 392 g/mol. The summed E-state index contributed by atoms with van der Waals surface area (Å²) in [5.74, 6) is 1.16. The van der Waals surface area contributed by atoms with E-state index in [9.17, 15) is 16.8 Å². The summed E-state index contributed by atoms with van der Waals surface area (Å²) in [5.41, 5.74) is 0. The van der Waals surface area contributed by atoms with Crippen LogP contribution in [0, 0.1) is 6.92 Å². The minimum Gasteiger partial charge on any atom is -0.497 e. The fourth-order valence-electron chi connectivity index (χ4n) is 2.83. The predicted molar refractivity (Wildman–Crippen MR) is 98.5 cm³/mol. The first-order valence-corrected chi connectivity index (χ1v) is 11.2. The summed E-state index contributed by atoms with van der Waals surface area (Å²) in [6, 6.07) is 6.12. The van der Waals surface area contributed by atoms with Gasteiger partial charge in [-0.3, -0.25) is 0 Å². The smallest absolute Gasteiger partial charge is 0.262 e. The number of nitrogens with zero attached hydrogens (tertiary/aromatic N) is 4. The van der Waals surface area contributed by atoms with Crippen molar-refractivity contribution in [2.75, 3.05) is 33.3 Å². The molecule has 148 valence electrons. The molecular formula is C16H22N4O5S2. The molecule has 9 nitrogen and oxygen atoms in total. The van der Waals surface area contributed by atoms with Crippen molar-refractivity contribution in [3.63, 3.8) is 0 Å². The van der Waals surface area contributed by atoms with Gasteiger partial charge in [0.2, 0.25) is 10.0 Å². The lowest BCUT2D eigenvalue weighted by Gasteiger charge is -2.32. The van der Waals surface area contributed by atoms with E-state index in [1.807, 2.05) is 0 Å². The van der Waals surface area contributed by atoms with Crippen molar-refractivity contribution in [1.82, 2.24) is 18.2 Å². The van der Waals surface area contributed by atoms with Gasteiger partial charge < -0.3 is 9.30 Å². The number of hydrogen-bond acceptors (Lipinski definition) is 6. The van der Waals surface area contributed by atoms with Gasteiger partial charge in [0.1, 0.15) is 11.6 Å². The summed E-state index contributed by atoms with van der Waals surface area (Å²) in [4.78, 5) is 4.23. The Morgan fingerprint density at radius 1 is 0.926 bits per heavy atom. The van der Waals surface area contributed by atoms with E-state index in [1.165, 1.54) is 34.0 Å². The minimum atomic E-state index is -3.74. The van der Waals surface area contributed by atoms with Gasteiger partial charge >= 0.3 is 0 Å². The Morgan fingerprint density at radius 2 is 1.44 bits per heavy atom. The fraction of sp³-hybridized carbons (Fsp3) is 0.438. The molecule has 0 amide bonds. The number of imidazole rings is 1. The molecule has 0 saturated carbocycles. The van der Waals surface area contributed by atoms with Gasteiger partial charge in [0.25, 0.3) is 10.0 Å². The zero-order valence-corrected chi connectivity index (χ0v) is 17.0. The Hall–Kier alpha value is -1.95. The van der Waals surface area contributed by atoms with Crippen molar-refractivity contribution in [1.29, 1.82) is 0 Å². The molecule has 1 saturated heterocycles. The molecule has 1 aliphatic heterocycles. The second kappa shape index (κ2) is 7.23. The third-order valence-corrected chi connectivity index (χ3v) is 8.27. The summed E-state index contributed by atoms with van der Waals surface area (Å²) in [7, 11) is -4.20. The van der Waals surface area contributed by atoms with Crippen LogP contribution in [0.5, 0.6) is 5.75 Å². The molecule has 0 spiro atoms. The lowest BCUT2D eigenvalue weighted by atomic mass is 10.3. The number of aromatic nitrogens is 2. The standard InChI is InChI=1S/C16H22N4O5S2/c1-13-17-16(12-18(13)2)27(23,24)20-10-8-19(9-11-20)26(21,22)15-6-4-14(25-3)5-7-15/h4-7,12H,8-11H2,1-3H3. The topological polar surface area (TPSA) is 102 Å². The molecule has 3 rings (SSSR count). The van der Waals surface area contributed by atoms with E-state index < -0.39 is 20.0 Å². The molecule has 0 aliphatic carbocycles. The normalized spacial score (nSPS) is 17.1. The second-order valence-electron chi connectivity index (χ2n) is 6.22. The number of hydrogen-bond donors (Lipinski definition) is 0. The van der Waals surface area contributed by atoms with Crippen molar-refractivity contribution in [2.24, 2.45) is 7.05 Å². The maximum absolute atomic E-state index is 12.8. The molecule has 2 aromatic rings. The third-order valence-electron chi connectivity index (χ3n) is 4.59. The monoisotopic (exact) mass is 414 g/mol. The minimum absolute atomic E-state index is 0.0195. The highest BCUT2D eigenvalue weighted by Crippen LogP contribution is 2.23. The van der Waals surface area contributed by atoms with Crippen LogP contribution in [-0.2, 0) is 27.1 Å². The van der Waals surface area contributed by atoms with Crippen LogP contribution in [0.3, 0.4) is 0 Å². The molecule has 0 bridgehead atoms.